The third-order valence-electron chi connectivity index (χ3n) is 3.88. The number of likely N-dealkylation sites (tertiary alicyclic amines) is 1. The Morgan fingerprint density at radius 2 is 2.08 bits per heavy atom. The van der Waals surface area contributed by atoms with Gasteiger partial charge in [-0.3, -0.25) is 9.59 Å². The molecule has 0 aliphatic carbocycles. The van der Waals surface area contributed by atoms with Crippen LogP contribution in [0.4, 0.5) is 0 Å². The summed E-state index contributed by atoms with van der Waals surface area (Å²) in [5, 5.41) is 8.73. The van der Waals surface area contributed by atoms with Gasteiger partial charge in [-0.1, -0.05) is 0 Å². The van der Waals surface area contributed by atoms with Crippen LogP contribution in [0.1, 0.15) is 39.5 Å². The zero-order chi connectivity index (χ0) is 18.2. The summed E-state index contributed by atoms with van der Waals surface area (Å²) in [7, 11) is -3.55. The molecule has 2 N–H and O–H groups in total. The minimum Gasteiger partial charge on any atom is -0.481 e. The summed E-state index contributed by atoms with van der Waals surface area (Å²) in [6, 6.07) is 0. The Morgan fingerprint density at radius 1 is 1.38 bits per heavy atom. The maximum atomic E-state index is 12.2. The third-order valence-corrected chi connectivity index (χ3v) is 5.17. The quantitative estimate of drug-likeness (QED) is 0.581. The van der Waals surface area contributed by atoms with E-state index in [9.17, 15) is 18.0 Å². The largest absolute Gasteiger partial charge is 0.481 e. The Labute approximate surface area is 143 Å². The number of ether oxygens (including phenoxy) is 1. The van der Waals surface area contributed by atoms with Crippen LogP contribution in [0.3, 0.4) is 0 Å². The summed E-state index contributed by atoms with van der Waals surface area (Å²) >= 11 is 0. The number of carbonyl (C=O) groups excluding carboxylic acids is 1. The van der Waals surface area contributed by atoms with Gasteiger partial charge in [0.2, 0.25) is 15.9 Å². The molecule has 0 radical (unpaired) electrons. The third kappa shape index (κ3) is 8.60. The van der Waals surface area contributed by atoms with Crippen molar-refractivity contribution in [3.05, 3.63) is 0 Å². The van der Waals surface area contributed by atoms with Crippen molar-refractivity contribution in [3.8, 4) is 0 Å². The zero-order valence-electron chi connectivity index (χ0n) is 14.4. The van der Waals surface area contributed by atoms with Gasteiger partial charge in [-0.2, -0.15) is 0 Å². The average molecular weight is 364 g/mol. The lowest BCUT2D eigenvalue weighted by Gasteiger charge is -2.32. The summed E-state index contributed by atoms with van der Waals surface area (Å²) < 4.78 is 31.1. The Kier molecular flexibility index (Phi) is 8.65. The number of nitrogens with zero attached hydrogens (tertiary/aromatic N) is 1. The molecule has 0 aromatic carbocycles. The number of amides is 1. The molecule has 1 aliphatic heterocycles. The molecule has 140 valence electrons. The van der Waals surface area contributed by atoms with E-state index in [2.05, 4.69) is 4.72 Å². The minimum absolute atomic E-state index is 0.0436. The Morgan fingerprint density at radius 3 is 2.71 bits per heavy atom. The minimum atomic E-state index is -3.55. The van der Waals surface area contributed by atoms with Crippen molar-refractivity contribution >= 4 is 21.9 Å². The normalized spacial score (nSPS) is 18.8. The van der Waals surface area contributed by atoms with Crippen molar-refractivity contribution in [1.82, 2.24) is 9.62 Å². The van der Waals surface area contributed by atoms with E-state index in [-0.39, 0.29) is 43.3 Å². The lowest BCUT2D eigenvalue weighted by molar-refractivity contribution is -0.137. The molecular formula is C15H28N2O6S. The first-order valence-corrected chi connectivity index (χ1v) is 9.93. The molecule has 0 spiro atoms. The van der Waals surface area contributed by atoms with Crippen molar-refractivity contribution < 1.29 is 27.9 Å². The molecule has 1 amide bonds. The molecule has 1 heterocycles. The predicted octanol–water partition coefficient (Wildman–Crippen LogP) is 0.434. The van der Waals surface area contributed by atoms with Crippen LogP contribution in [0, 0.1) is 5.92 Å². The van der Waals surface area contributed by atoms with Crippen LogP contribution < -0.4 is 4.72 Å². The number of rotatable bonds is 10. The Hall–Kier alpha value is -1.19. The van der Waals surface area contributed by atoms with E-state index in [0.29, 0.717) is 19.5 Å². The van der Waals surface area contributed by atoms with Crippen LogP contribution in [0.25, 0.3) is 0 Å². The SMILES string of the molecule is CC(C)OCCS(=O)(=O)NCC(=O)N1CCCC(CCC(=O)O)C1. The second-order valence-corrected chi connectivity index (χ2v) is 8.27. The molecule has 0 saturated carbocycles. The molecule has 1 saturated heterocycles. The van der Waals surface area contributed by atoms with Crippen molar-refractivity contribution in [1.29, 1.82) is 0 Å². The van der Waals surface area contributed by atoms with Gasteiger partial charge in [0.25, 0.3) is 0 Å². The molecular weight excluding hydrogens is 336 g/mol. The van der Waals surface area contributed by atoms with Crippen molar-refractivity contribution in [3.63, 3.8) is 0 Å². The fourth-order valence-corrected chi connectivity index (χ4v) is 3.41. The highest BCUT2D eigenvalue weighted by atomic mass is 32.2. The number of piperidine rings is 1. The fraction of sp³-hybridized carbons (Fsp3) is 0.867. The van der Waals surface area contributed by atoms with Crippen LogP contribution in [0.2, 0.25) is 0 Å². The van der Waals surface area contributed by atoms with E-state index >= 15 is 0 Å². The van der Waals surface area contributed by atoms with Gasteiger partial charge in [0.1, 0.15) is 0 Å². The lowest BCUT2D eigenvalue weighted by atomic mass is 9.93. The van der Waals surface area contributed by atoms with Gasteiger partial charge in [0, 0.05) is 19.5 Å². The van der Waals surface area contributed by atoms with E-state index < -0.39 is 16.0 Å². The fourth-order valence-electron chi connectivity index (χ4n) is 2.60. The summed E-state index contributed by atoms with van der Waals surface area (Å²) in [4.78, 5) is 24.4. The topological polar surface area (TPSA) is 113 Å². The monoisotopic (exact) mass is 364 g/mol. The first-order chi connectivity index (χ1) is 11.2. The number of hydrogen-bond donors (Lipinski definition) is 2. The Bertz CT molecular complexity index is 520. The standard InChI is InChI=1S/C15H28N2O6S/c1-12(2)23-8-9-24(21,22)16-10-14(18)17-7-3-4-13(11-17)5-6-15(19)20/h12-13,16H,3-11H2,1-2H3,(H,19,20). The molecule has 1 aliphatic rings. The number of nitrogens with one attached hydrogen (secondary N) is 1. The van der Waals surface area contributed by atoms with Gasteiger partial charge in [0.15, 0.2) is 0 Å². The molecule has 0 aromatic rings. The molecule has 1 atom stereocenters. The van der Waals surface area contributed by atoms with E-state index in [4.69, 9.17) is 9.84 Å². The number of carboxylic acid groups (broad SMARTS) is 1. The summed E-state index contributed by atoms with van der Waals surface area (Å²) in [6.45, 7) is 4.53. The van der Waals surface area contributed by atoms with Crippen molar-refractivity contribution in [2.24, 2.45) is 5.92 Å². The molecule has 9 heteroatoms. The lowest BCUT2D eigenvalue weighted by Crippen LogP contribution is -2.45. The number of aliphatic carboxylic acids is 1. The molecule has 0 aromatic heterocycles. The van der Waals surface area contributed by atoms with Gasteiger partial charge < -0.3 is 14.7 Å². The molecule has 8 nitrogen and oxygen atoms in total. The van der Waals surface area contributed by atoms with E-state index in [1.807, 2.05) is 13.8 Å². The van der Waals surface area contributed by atoms with E-state index in [1.165, 1.54) is 0 Å². The van der Waals surface area contributed by atoms with Crippen LogP contribution >= 0.6 is 0 Å². The van der Waals surface area contributed by atoms with Gasteiger partial charge in [-0.05, 0) is 39.0 Å². The summed E-state index contributed by atoms with van der Waals surface area (Å²) in [5.41, 5.74) is 0. The molecule has 1 unspecified atom stereocenters. The summed E-state index contributed by atoms with van der Waals surface area (Å²) in [6.07, 6.45) is 2.30. The van der Waals surface area contributed by atoms with Gasteiger partial charge >= 0.3 is 5.97 Å². The van der Waals surface area contributed by atoms with Crippen LogP contribution in [-0.2, 0) is 24.3 Å². The number of carbonyl (C=O) groups is 2. The molecule has 0 bridgehead atoms. The van der Waals surface area contributed by atoms with Crippen molar-refractivity contribution in [2.75, 3.05) is 32.0 Å². The number of carboxylic acids is 1. The maximum Gasteiger partial charge on any atom is 0.303 e. The number of sulfonamides is 1. The highest BCUT2D eigenvalue weighted by molar-refractivity contribution is 7.89. The maximum absolute atomic E-state index is 12.2. The molecule has 1 fully saturated rings. The van der Waals surface area contributed by atoms with Gasteiger partial charge in [0.05, 0.1) is 25.0 Å². The van der Waals surface area contributed by atoms with Crippen LogP contribution in [0.5, 0.6) is 0 Å². The highest BCUT2D eigenvalue weighted by Gasteiger charge is 2.24. The molecule has 1 rings (SSSR count). The van der Waals surface area contributed by atoms with E-state index in [0.717, 1.165) is 12.8 Å². The second-order valence-electron chi connectivity index (χ2n) is 6.34. The smallest absolute Gasteiger partial charge is 0.303 e. The van der Waals surface area contributed by atoms with Gasteiger partial charge in [-0.25, -0.2) is 13.1 Å². The Balaban J connectivity index is 2.37. The van der Waals surface area contributed by atoms with Crippen LogP contribution in [-0.4, -0.2) is 68.4 Å². The highest BCUT2D eigenvalue weighted by Crippen LogP contribution is 2.20. The second kappa shape index (κ2) is 9.95. The first-order valence-electron chi connectivity index (χ1n) is 8.28. The van der Waals surface area contributed by atoms with Crippen molar-refractivity contribution in [2.45, 2.75) is 45.6 Å². The zero-order valence-corrected chi connectivity index (χ0v) is 15.2. The van der Waals surface area contributed by atoms with Gasteiger partial charge in [-0.15, -0.1) is 0 Å². The predicted molar refractivity (Wildman–Crippen MR) is 89.1 cm³/mol. The van der Waals surface area contributed by atoms with Crippen LogP contribution in [0.15, 0.2) is 0 Å². The average Bonchev–Trinajstić information content (AvgIpc) is 2.50. The molecule has 24 heavy (non-hydrogen) atoms. The van der Waals surface area contributed by atoms with E-state index in [1.54, 1.807) is 4.90 Å². The number of hydrogen-bond acceptors (Lipinski definition) is 5. The summed E-state index contributed by atoms with van der Waals surface area (Å²) in [5.74, 6) is -1.13. The first kappa shape index (κ1) is 20.9.